The molecule has 0 bridgehead atoms. The molecule has 0 unspecified atom stereocenters. The van der Waals surface area contributed by atoms with Crippen LogP contribution < -0.4 is 45.9 Å². The number of primary amides is 1. The van der Waals surface area contributed by atoms with Crippen molar-refractivity contribution in [2.24, 2.45) is 5.73 Å². The fraction of sp³-hybridized carbons (Fsp3) is 0.434. The molecule has 3 aromatic heterocycles. The maximum Gasteiger partial charge on any atom is 0.312 e. The number of rotatable bonds is 32. The molecule has 1 atom stereocenters. The van der Waals surface area contributed by atoms with Crippen LogP contribution in [0.3, 0.4) is 0 Å². The van der Waals surface area contributed by atoms with E-state index in [1.54, 1.807) is 48.2 Å². The number of imide groups is 1. The van der Waals surface area contributed by atoms with Gasteiger partial charge in [-0.2, -0.15) is 0 Å². The Morgan fingerprint density at radius 2 is 1.48 bits per heavy atom. The van der Waals surface area contributed by atoms with Crippen LogP contribution in [0, 0.1) is 6.92 Å². The lowest BCUT2D eigenvalue weighted by molar-refractivity contribution is -0.147. The topological polar surface area (TPSA) is 343 Å². The number of nitrogens with zero attached hydrogens (tertiary/aromatic N) is 4. The van der Waals surface area contributed by atoms with Crippen LogP contribution in [0.15, 0.2) is 48.6 Å². The number of hydrogen-bond donors (Lipinski definition) is 6. The van der Waals surface area contributed by atoms with E-state index in [0.717, 1.165) is 10.5 Å². The number of carboxylic acid groups (broad SMARTS) is 1. The Labute approximate surface area is 457 Å². The number of unbranched alkanes of at least 4 members (excludes halogenated alkanes) is 2. The number of methoxy groups -OCH3 is 2. The molecule has 6 rings (SSSR count). The number of aromatic nitrogens is 2. The number of nitrogens with two attached hydrogens (primary N) is 1. The first-order valence-electron chi connectivity index (χ1n) is 25.4. The molecule has 79 heavy (non-hydrogen) atoms. The summed E-state index contributed by atoms with van der Waals surface area (Å²) >= 11 is 1.22. The van der Waals surface area contributed by atoms with Gasteiger partial charge in [-0.25, -0.2) is 14.8 Å². The molecule has 0 fully saturated rings. The number of nitrogens with one attached hydrogen (secondary N) is 4. The van der Waals surface area contributed by atoms with E-state index in [9.17, 15) is 47.9 Å². The van der Waals surface area contributed by atoms with E-state index in [4.69, 9.17) is 34.5 Å². The number of ketones is 1. The van der Waals surface area contributed by atoms with E-state index in [2.05, 4.69) is 31.2 Å². The molecule has 0 saturated heterocycles. The highest BCUT2D eigenvalue weighted by Crippen LogP contribution is 2.38. The summed E-state index contributed by atoms with van der Waals surface area (Å²) in [7, 11) is 2.95. The number of Topliss-reactive ketones (excluding diaryl/α,β-unsaturated/α-hetero) is 1. The van der Waals surface area contributed by atoms with E-state index in [0.29, 0.717) is 74.8 Å². The number of aliphatic carboxylic acids is 1. The van der Waals surface area contributed by atoms with Gasteiger partial charge in [0, 0.05) is 69.2 Å². The first-order chi connectivity index (χ1) is 37.9. The van der Waals surface area contributed by atoms with Crippen molar-refractivity contribution in [1.29, 1.82) is 0 Å². The van der Waals surface area contributed by atoms with Gasteiger partial charge in [-0.1, -0.05) is 18.6 Å². The zero-order valence-electron chi connectivity index (χ0n) is 44.0. The molecule has 7 N–H and O–H groups in total. The lowest BCUT2D eigenvalue weighted by atomic mass is 10.1. The molecule has 2 aliphatic rings. The summed E-state index contributed by atoms with van der Waals surface area (Å²) in [6.45, 7) is 2.45. The molecule has 0 saturated carbocycles. The van der Waals surface area contributed by atoms with Gasteiger partial charge in [0.1, 0.15) is 12.6 Å². The maximum atomic E-state index is 13.3. The summed E-state index contributed by atoms with van der Waals surface area (Å²) in [4.78, 5) is 135. The predicted molar refractivity (Wildman–Crippen MR) is 283 cm³/mol. The van der Waals surface area contributed by atoms with Crippen LogP contribution in [-0.4, -0.2) is 137 Å². The lowest BCUT2D eigenvalue weighted by Gasteiger charge is -2.19. The maximum absolute atomic E-state index is 13.3. The predicted octanol–water partition coefficient (Wildman–Crippen LogP) is 3.75. The Morgan fingerprint density at radius 1 is 0.785 bits per heavy atom. The number of anilines is 1. The number of hydrogen-bond acceptors (Lipinski definition) is 18. The van der Waals surface area contributed by atoms with Gasteiger partial charge in [0.05, 0.1) is 74.2 Å². The number of thiophene rings is 1. The van der Waals surface area contributed by atoms with Gasteiger partial charge < -0.3 is 60.7 Å². The van der Waals surface area contributed by atoms with Crippen LogP contribution >= 0.6 is 11.3 Å². The smallest absolute Gasteiger partial charge is 0.312 e. The van der Waals surface area contributed by atoms with Crippen molar-refractivity contribution < 1.29 is 76.7 Å². The van der Waals surface area contributed by atoms with E-state index < -0.39 is 48.3 Å². The molecule has 26 heteroatoms. The van der Waals surface area contributed by atoms with Crippen LogP contribution in [-0.2, 0) is 62.8 Å². The largest absolute Gasteiger partial charge is 0.491 e. The van der Waals surface area contributed by atoms with E-state index in [-0.39, 0.29) is 126 Å². The Bertz CT molecular complexity index is 2940. The molecule has 0 aliphatic carbocycles. The summed E-state index contributed by atoms with van der Waals surface area (Å²) in [6.07, 6.45) is 4.23. The fourth-order valence-electron chi connectivity index (χ4n) is 8.24. The first-order valence-corrected chi connectivity index (χ1v) is 26.3. The number of benzene rings is 1. The molecule has 2 aliphatic heterocycles. The molecule has 4 aromatic rings. The summed E-state index contributed by atoms with van der Waals surface area (Å²) in [5.74, 6) is -3.33. The van der Waals surface area contributed by atoms with Crippen LogP contribution in [0.5, 0.6) is 23.3 Å². The number of fused-ring (bicyclic) bond motifs is 2. The number of esters is 1. The zero-order chi connectivity index (χ0) is 57.0. The third-order valence-electron chi connectivity index (χ3n) is 12.4. The average molecular weight is 1110 g/mol. The van der Waals surface area contributed by atoms with Gasteiger partial charge in [0.2, 0.25) is 23.6 Å². The Kier molecular flexibility index (Phi) is 22.0. The van der Waals surface area contributed by atoms with Crippen molar-refractivity contribution >= 4 is 86.4 Å². The Hall–Kier alpha value is -8.68. The summed E-state index contributed by atoms with van der Waals surface area (Å²) in [6, 6.07) is 8.11. The average Bonchev–Trinajstić information content (AvgIpc) is 4.17. The molecule has 0 radical (unpaired) electrons. The third kappa shape index (κ3) is 17.7. The van der Waals surface area contributed by atoms with E-state index in [1.165, 1.54) is 37.7 Å². The molecular formula is C53H63N9O16S. The van der Waals surface area contributed by atoms with Crippen molar-refractivity contribution in [1.82, 2.24) is 35.7 Å². The number of amides is 8. The Morgan fingerprint density at radius 3 is 2.16 bits per heavy atom. The number of ether oxygens (including phenoxy) is 5. The highest BCUT2D eigenvalue weighted by Gasteiger charge is 2.28. The number of aryl methyl sites for hydroxylation is 1. The monoisotopic (exact) mass is 1110 g/mol. The van der Waals surface area contributed by atoms with Crippen molar-refractivity contribution in [3.63, 3.8) is 0 Å². The van der Waals surface area contributed by atoms with Gasteiger partial charge in [0.25, 0.3) is 23.6 Å². The third-order valence-corrected chi connectivity index (χ3v) is 13.7. The summed E-state index contributed by atoms with van der Waals surface area (Å²) in [5, 5.41) is 19.3. The quantitative estimate of drug-likeness (QED) is 0.0175. The summed E-state index contributed by atoms with van der Waals surface area (Å²) in [5.41, 5.74) is 8.69. The number of carbonyl (C=O) groups excluding carboxylic acids is 9. The standard InChI is InChI=1S/C53H63N9O16S/c1-31-48-40(79-49(31)37(63)15-19-46(69)70)26-39(75-3)52(60-48)77-24-8-23-76-51-38(74-2)25-33-28-61(29-36(33)59-51)43(66)18-20-47(71)78-30-32-11-13-34(14-12-32)57-50(72)35(9-7-21-55-53(54)73)58-42(65)27-56-41(64)10-5-4-6-22-62-44(67)16-17-45(62)68/h11-14,16-17,25-26,35H,4-10,15,18-24,27-30H2,1-3H3,(H,56,64)(H,57,72)(H,58,65)(H,69,70)(H3,54,55,73)/t35-/m0/s1. The summed E-state index contributed by atoms with van der Waals surface area (Å²) < 4.78 is 29.1. The van der Waals surface area contributed by atoms with Gasteiger partial charge in [-0.15, -0.1) is 11.3 Å². The van der Waals surface area contributed by atoms with Crippen molar-refractivity contribution in [2.75, 3.05) is 52.4 Å². The second-order valence-electron chi connectivity index (χ2n) is 18.3. The van der Waals surface area contributed by atoms with Crippen LogP contribution in [0.2, 0.25) is 0 Å². The molecule has 25 nitrogen and oxygen atoms in total. The van der Waals surface area contributed by atoms with Gasteiger partial charge in [0.15, 0.2) is 17.3 Å². The van der Waals surface area contributed by atoms with Crippen molar-refractivity contribution in [3.05, 3.63) is 75.8 Å². The molecule has 5 heterocycles. The number of pyridine rings is 2. The minimum atomic E-state index is -1.05. The number of urea groups is 1. The fourth-order valence-corrected chi connectivity index (χ4v) is 9.39. The second-order valence-corrected chi connectivity index (χ2v) is 19.3. The van der Waals surface area contributed by atoms with Gasteiger partial charge in [-0.3, -0.25) is 48.1 Å². The second kappa shape index (κ2) is 29.2. The molecule has 8 amide bonds. The SMILES string of the molecule is COc1cc2c(nc1OCCCOc1nc3c(C)c(C(=O)CCC(=O)O)sc3cc1OC)CN(C(=O)CCC(=O)OCc1ccc(NC(=O)[C@H](CCCNC(N)=O)NC(=O)CNC(=O)CCCCCN3C(=O)C=CC3=O)cc1)C2. The number of carboxylic acids is 1. The van der Waals surface area contributed by atoms with Crippen LogP contribution in [0.1, 0.15) is 103 Å². The minimum Gasteiger partial charge on any atom is -0.491 e. The highest BCUT2D eigenvalue weighted by atomic mass is 32.1. The molecule has 422 valence electrons. The van der Waals surface area contributed by atoms with Crippen LogP contribution in [0.25, 0.3) is 10.2 Å². The molecule has 1 aromatic carbocycles. The molecule has 0 spiro atoms. The normalized spacial score (nSPS) is 12.9. The number of carbonyl (C=O) groups is 10. The highest BCUT2D eigenvalue weighted by molar-refractivity contribution is 7.21. The minimum absolute atomic E-state index is 0.108. The van der Waals surface area contributed by atoms with E-state index in [1.807, 2.05) is 0 Å². The zero-order valence-corrected chi connectivity index (χ0v) is 44.8. The van der Waals surface area contributed by atoms with Gasteiger partial charge >= 0.3 is 18.0 Å². The molecular weight excluding hydrogens is 1050 g/mol. The Balaban J connectivity index is 0.894. The van der Waals surface area contributed by atoms with Crippen LogP contribution in [0.4, 0.5) is 10.5 Å². The van der Waals surface area contributed by atoms with Crippen molar-refractivity contribution in [2.45, 2.75) is 103 Å². The lowest BCUT2D eigenvalue weighted by Crippen LogP contribution is -2.47. The first kappa shape index (κ1) is 59.6. The van der Waals surface area contributed by atoms with Crippen molar-refractivity contribution in [3.8, 4) is 23.3 Å². The van der Waals surface area contributed by atoms with E-state index >= 15 is 0 Å². The van der Waals surface area contributed by atoms with Gasteiger partial charge in [-0.05, 0) is 67.5 Å².